The first-order valence-corrected chi connectivity index (χ1v) is 8.81. The smallest absolute Gasteiger partial charge is 0.159 e. The van der Waals surface area contributed by atoms with E-state index in [0.717, 1.165) is 41.2 Å². The monoisotopic (exact) mass is 322 g/mol. The predicted octanol–water partition coefficient (Wildman–Crippen LogP) is 2.43. The number of fused-ring (bicyclic) bond motifs is 3. The molecule has 1 aliphatic heterocycles. The van der Waals surface area contributed by atoms with E-state index < -0.39 is 0 Å². The number of pyridine rings is 1. The maximum Gasteiger partial charge on any atom is 0.159 e. The van der Waals surface area contributed by atoms with Crippen molar-refractivity contribution in [1.82, 2.24) is 25.1 Å². The average Bonchev–Trinajstić information content (AvgIpc) is 3.12. The number of hydrogen-bond acceptors (Lipinski definition) is 5. The SMILES string of the molecule is CN(CC1CC1)C1CCN(c2[nH]ncc3cnc4nccc4c23)C1. The predicted molar refractivity (Wildman–Crippen MR) is 95.2 cm³/mol. The standard InChI is InChI=1S/C18H22N6/c1-23(10-12-2-3-12)14-5-7-24(11-14)18-16-13(9-21-22-18)8-20-17-15(16)4-6-19-17/h4,6,8-9,12,14,22H,2-3,5,7,10-11H2,1H3. The number of hydrogen-bond donors (Lipinski definition) is 1. The van der Waals surface area contributed by atoms with Crippen LogP contribution in [0.5, 0.6) is 0 Å². The van der Waals surface area contributed by atoms with E-state index in [1.165, 1.54) is 31.2 Å². The molecule has 2 aliphatic rings. The van der Waals surface area contributed by atoms with Crippen LogP contribution in [0.25, 0.3) is 21.8 Å². The minimum atomic E-state index is 0.629. The third-order valence-electron chi connectivity index (χ3n) is 5.52. The molecule has 3 aromatic rings. The van der Waals surface area contributed by atoms with Gasteiger partial charge in [-0.15, -0.1) is 0 Å². The van der Waals surface area contributed by atoms with Crippen molar-refractivity contribution in [3.05, 3.63) is 24.7 Å². The van der Waals surface area contributed by atoms with Crippen LogP contribution in [0.3, 0.4) is 0 Å². The fourth-order valence-electron chi connectivity index (χ4n) is 3.95. The zero-order chi connectivity index (χ0) is 16.1. The lowest BCUT2D eigenvalue weighted by Crippen LogP contribution is -2.36. The van der Waals surface area contributed by atoms with E-state index in [-0.39, 0.29) is 0 Å². The van der Waals surface area contributed by atoms with E-state index in [1.54, 1.807) is 0 Å². The minimum Gasteiger partial charge on any atom is -0.355 e. The molecule has 0 bridgehead atoms. The summed E-state index contributed by atoms with van der Waals surface area (Å²) in [6, 6.07) is 2.68. The van der Waals surface area contributed by atoms with Crippen LogP contribution in [-0.4, -0.2) is 57.8 Å². The van der Waals surface area contributed by atoms with Gasteiger partial charge in [-0.1, -0.05) is 0 Å². The van der Waals surface area contributed by atoms with E-state index in [9.17, 15) is 0 Å². The van der Waals surface area contributed by atoms with Gasteiger partial charge in [-0.05, 0) is 38.3 Å². The first-order chi connectivity index (χ1) is 11.8. The summed E-state index contributed by atoms with van der Waals surface area (Å²) >= 11 is 0. The molecule has 1 saturated heterocycles. The quantitative estimate of drug-likeness (QED) is 0.799. The van der Waals surface area contributed by atoms with Gasteiger partial charge in [-0.25, -0.2) is 9.97 Å². The molecule has 2 fully saturated rings. The van der Waals surface area contributed by atoms with E-state index >= 15 is 0 Å². The fourth-order valence-corrected chi connectivity index (χ4v) is 3.95. The molecule has 0 amide bonds. The summed E-state index contributed by atoms with van der Waals surface area (Å²) in [6.45, 7) is 3.37. The van der Waals surface area contributed by atoms with E-state index in [1.807, 2.05) is 18.6 Å². The molecule has 5 rings (SSSR count). The molecule has 4 heterocycles. The molecular weight excluding hydrogens is 300 g/mol. The second kappa shape index (κ2) is 5.41. The molecule has 1 aliphatic carbocycles. The van der Waals surface area contributed by atoms with Crippen molar-refractivity contribution in [2.45, 2.75) is 25.3 Å². The zero-order valence-electron chi connectivity index (χ0n) is 13.9. The Morgan fingerprint density at radius 2 is 2.17 bits per heavy atom. The minimum absolute atomic E-state index is 0.629. The number of anilines is 1. The Balaban J connectivity index is 1.49. The zero-order valence-corrected chi connectivity index (χ0v) is 13.9. The lowest BCUT2D eigenvalue weighted by atomic mass is 10.1. The van der Waals surface area contributed by atoms with Gasteiger partial charge in [0.25, 0.3) is 0 Å². The van der Waals surface area contributed by atoms with Crippen molar-refractivity contribution < 1.29 is 0 Å². The van der Waals surface area contributed by atoms with Gasteiger partial charge in [0.15, 0.2) is 5.65 Å². The van der Waals surface area contributed by atoms with Crippen LogP contribution in [0, 0.1) is 5.92 Å². The number of likely N-dealkylation sites (N-methyl/N-ethyl adjacent to an activating group) is 1. The van der Waals surface area contributed by atoms with Crippen molar-refractivity contribution in [2.75, 3.05) is 31.6 Å². The van der Waals surface area contributed by atoms with Crippen molar-refractivity contribution in [3.8, 4) is 0 Å². The summed E-state index contributed by atoms with van der Waals surface area (Å²) in [5.74, 6) is 2.05. The van der Waals surface area contributed by atoms with Gasteiger partial charge >= 0.3 is 0 Å². The van der Waals surface area contributed by atoms with Crippen LogP contribution in [0.1, 0.15) is 19.3 Å². The molecule has 24 heavy (non-hydrogen) atoms. The molecule has 1 unspecified atom stereocenters. The van der Waals surface area contributed by atoms with Crippen LogP contribution in [0.2, 0.25) is 0 Å². The largest absolute Gasteiger partial charge is 0.355 e. The Morgan fingerprint density at radius 1 is 1.25 bits per heavy atom. The highest BCUT2D eigenvalue weighted by molar-refractivity contribution is 6.09. The maximum atomic E-state index is 4.43. The Labute approximate surface area is 140 Å². The van der Waals surface area contributed by atoms with E-state index in [4.69, 9.17) is 0 Å². The van der Waals surface area contributed by atoms with Crippen molar-refractivity contribution in [3.63, 3.8) is 0 Å². The van der Waals surface area contributed by atoms with Gasteiger partial charge in [0, 0.05) is 54.2 Å². The number of nitrogens with one attached hydrogen (secondary N) is 1. The summed E-state index contributed by atoms with van der Waals surface area (Å²) < 4.78 is 0. The van der Waals surface area contributed by atoms with Gasteiger partial charge in [-0.3, -0.25) is 5.10 Å². The molecule has 6 nitrogen and oxygen atoms in total. The summed E-state index contributed by atoms with van der Waals surface area (Å²) in [4.78, 5) is 13.8. The molecule has 0 spiro atoms. The third kappa shape index (κ3) is 2.33. The van der Waals surface area contributed by atoms with Crippen molar-refractivity contribution in [1.29, 1.82) is 0 Å². The van der Waals surface area contributed by atoms with Crippen LogP contribution in [0.15, 0.2) is 24.7 Å². The van der Waals surface area contributed by atoms with E-state index in [2.05, 4.69) is 43.1 Å². The normalized spacial score (nSPS) is 21.4. The fraction of sp³-hybridized carbons (Fsp3) is 0.500. The lowest BCUT2D eigenvalue weighted by molar-refractivity contribution is 0.249. The summed E-state index contributed by atoms with van der Waals surface area (Å²) in [6.07, 6.45) is 9.60. The molecule has 0 radical (unpaired) electrons. The maximum absolute atomic E-state index is 4.43. The van der Waals surface area contributed by atoms with Gasteiger partial charge in [0.05, 0.1) is 6.20 Å². The third-order valence-corrected chi connectivity index (χ3v) is 5.52. The molecule has 0 aromatic carbocycles. The van der Waals surface area contributed by atoms with Gasteiger partial charge in [0.2, 0.25) is 0 Å². The summed E-state index contributed by atoms with van der Waals surface area (Å²) in [5.41, 5.74) is 0.810. The van der Waals surface area contributed by atoms with Crippen molar-refractivity contribution >= 4 is 27.6 Å². The van der Waals surface area contributed by atoms with Crippen LogP contribution in [-0.2, 0) is 0 Å². The number of aromatic nitrogens is 4. The number of rotatable bonds is 4. The second-order valence-corrected chi connectivity index (χ2v) is 7.26. The molecule has 1 saturated carbocycles. The second-order valence-electron chi connectivity index (χ2n) is 7.26. The number of H-pyrrole nitrogens is 1. The molecule has 1 N–H and O–H groups in total. The van der Waals surface area contributed by atoms with Crippen LogP contribution < -0.4 is 4.90 Å². The van der Waals surface area contributed by atoms with Crippen LogP contribution in [0.4, 0.5) is 5.82 Å². The Bertz CT molecular complexity index is 883. The Morgan fingerprint density at radius 3 is 3.04 bits per heavy atom. The number of aromatic amines is 1. The molecular formula is C18H22N6. The summed E-state index contributed by atoms with van der Waals surface area (Å²) in [5, 5.41) is 11.0. The average molecular weight is 322 g/mol. The topological polar surface area (TPSA) is 60.9 Å². The van der Waals surface area contributed by atoms with E-state index in [0.29, 0.717) is 6.04 Å². The molecule has 6 heteroatoms. The van der Waals surface area contributed by atoms with Gasteiger partial charge < -0.3 is 9.80 Å². The Kier molecular flexibility index (Phi) is 3.19. The van der Waals surface area contributed by atoms with Crippen molar-refractivity contribution in [2.24, 2.45) is 5.92 Å². The first-order valence-electron chi connectivity index (χ1n) is 8.81. The first kappa shape index (κ1) is 14.2. The molecule has 1 atom stereocenters. The summed E-state index contributed by atoms with van der Waals surface area (Å²) in [7, 11) is 2.28. The highest BCUT2D eigenvalue weighted by atomic mass is 15.3. The molecule has 3 aromatic heterocycles. The van der Waals surface area contributed by atoms with Gasteiger partial charge in [-0.2, -0.15) is 5.10 Å². The van der Waals surface area contributed by atoms with Crippen LogP contribution >= 0.6 is 0 Å². The lowest BCUT2D eigenvalue weighted by Gasteiger charge is -2.25. The highest BCUT2D eigenvalue weighted by Gasteiger charge is 2.31. The van der Waals surface area contributed by atoms with Gasteiger partial charge in [0.1, 0.15) is 5.82 Å². The Hall–Kier alpha value is -2.21. The number of nitrogens with zero attached hydrogens (tertiary/aromatic N) is 5. The highest BCUT2D eigenvalue weighted by Crippen LogP contribution is 2.34. The molecule has 124 valence electrons.